The Morgan fingerprint density at radius 2 is 1.29 bits per heavy atom. The Balaban J connectivity index is 1.91. The van der Waals surface area contributed by atoms with Crippen LogP contribution >= 0.6 is 0 Å². The third-order valence-corrected chi connectivity index (χ3v) is 6.04. The Bertz CT molecular complexity index is 459. The van der Waals surface area contributed by atoms with Crippen LogP contribution in [-0.4, -0.2) is 17.9 Å². The van der Waals surface area contributed by atoms with E-state index in [-0.39, 0.29) is 27.6 Å². The number of carbonyl (C=O) groups is 2. The minimum Gasteiger partial charge on any atom is -0.548 e. The Morgan fingerprint density at radius 3 is 1.62 bits per heavy atom. The van der Waals surface area contributed by atoms with Gasteiger partial charge in [-0.1, -0.05) is 20.8 Å². The summed E-state index contributed by atoms with van der Waals surface area (Å²) in [7, 11) is 0. The van der Waals surface area contributed by atoms with Crippen LogP contribution < -0.4 is 10.4 Å². The van der Waals surface area contributed by atoms with E-state index in [1.54, 1.807) is 0 Å². The summed E-state index contributed by atoms with van der Waals surface area (Å²) in [6.45, 7) is 8.42. The van der Waals surface area contributed by atoms with Crippen LogP contribution in [0.2, 0.25) is 0 Å². The predicted octanol–water partition coefficient (Wildman–Crippen LogP) is 1.63. The molecule has 4 aliphatic carbocycles. The molecule has 0 aromatic carbocycles. The Hall–Kier alpha value is -1.06. The molecule has 0 aromatic rings. The maximum atomic E-state index is 12.8. The van der Waals surface area contributed by atoms with Gasteiger partial charge in [0.15, 0.2) is 0 Å². The monoisotopic (exact) mass is 292 g/mol. The van der Waals surface area contributed by atoms with Crippen molar-refractivity contribution >= 4 is 11.9 Å². The van der Waals surface area contributed by atoms with Crippen LogP contribution in [0.5, 0.6) is 0 Å². The number of nitrogens with one attached hydrogen (secondary N) is 1. The van der Waals surface area contributed by atoms with E-state index in [2.05, 4.69) is 26.1 Å². The number of carbonyl (C=O) groups excluding carboxylic acids is 2. The lowest BCUT2D eigenvalue weighted by Gasteiger charge is -2.68. The fourth-order valence-corrected chi connectivity index (χ4v) is 6.94. The zero-order chi connectivity index (χ0) is 15.7. The van der Waals surface area contributed by atoms with Crippen LogP contribution in [-0.2, 0) is 9.59 Å². The lowest BCUT2D eigenvalue weighted by atomic mass is 9.36. The van der Waals surface area contributed by atoms with Gasteiger partial charge in [0, 0.05) is 0 Å². The molecular formula is C17H26NO3-. The normalized spacial score (nSPS) is 49.0. The second kappa shape index (κ2) is 4.02. The Labute approximate surface area is 126 Å². The average Bonchev–Trinajstić information content (AvgIpc) is 2.21. The second-order valence-electron chi connectivity index (χ2n) is 9.29. The van der Waals surface area contributed by atoms with Crippen molar-refractivity contribution in [3.05, 3.63) is 0 Å². The molecule has 1 amide bonds. The molecular weight excluding hydrogens is 266 g/mol. The van der Waals surface area contributed by atoms with Crippen molar-refractivity contribution in [2.75, 3.05) is 0 Å². The van der Waals surface area contributed by atoms with Gasteiger partial charge < -0.3 is 15.2 Å². The van der Waals surface area contributed by atoms with Gasteiger partial charge in [0.1, 0.15) is 0 Å². The molecule has 118 valence electrons. The maximum Gasteiger partial charge on any atom is 0.226 e. The standard InChI is InChI=1S/C17H27NO3/c1-11(12(19)20)18-13(21)17-8-14(2)5-15(3,9-17)7-16(4,6-14)10-17/h11H,5-10H2,1-4H3,(H,18,21)(H,19,20)/p-1. The van der Waals surface area contributed by atoms with Crippen LogP contribution in [0.4, 0.5) is 0 Å². The van der Waals surface area contributed by atoms with E-state index >= 15 is 0 Å². The zero-order valence-electron chi connectivity index (χ0n) is 13.5. The van der Waals surface area contributed by atoms with E-state index in [4.69, 9.17) is 0 Å². The van der Waals surface area contributed by atoms with E-state index < -0.39 is 12.0 Å². The predicted molar refractivity (Wildman–Crippen MR) is 77.1 cm³/mol. The van der Waals surface area contributed by atoms with Crippen molar-refractivity contribution in [1.82, 2.24) is 5.32 Å². The molecule has 0 saturated heterocycles. The molecule has 0 aliphatic heterocycles. The molecule has 4 rings (SSSR count). The first-order chi connectivity index (χ1) is 9.49. The number of aliphatic carboxylic acids is 1. The topological polar surface area (TPSA) is 69.2 Å². The highest BCUT2D eigenvalue weighted by Crippen LogP contribution is 2.73. The summed E-state index contributed by atoms with van der Waals surface area (Å²) in [6, 6.07) is -0.918. The third kappa shape index (κ3) is 2.27. The van der Waals surface area contributed by atoms with Gasteiger partial charge in [-0.2, -0.15) is 0 Å². The number of carboxylic acid groups (broad SMARTS) is 1. The van der Waals surface area contributed by atoms with Gasteiger partial charge in [0.25, 0.3) is 0 Å². The van der Waals surface area contributed by atoms with Crippen LogP contribution in [0, 0.1) is 21.7 Å². The summed E-state index contributed by atoms with van der Waals surface area (Å²) >= 11 is 0. The summed E-state index contributed by atoms with van der Waals surface area (Å²) in [5.41, 5.74) is 0.289. The minimum atomic E-state index is -1.21. The first-order valence-corrected chi connectivity index (χ1v) is 8.01. The van der Waals surface area contributed by atoms with Crippen LogP contribution in [0.15, 0.2) is 0 Å². The minimum absolute atomic E-state index is 0.0676. The molecule has 0 radical (unpaired) electrons. The highest BCUT2D eigenvalue weighted by Gasteiger charge is 2.66. The quantitative estimate of drug-likeness (QED) is 0.859. The van der Waals surface area contributed by atoms with E-state index in [1.807, 2.05) is 0 Å². The largest absolute Gasteiger partial charge is 0.548 e. The molecule has 1 unspecified atom stereocenters. The molecule has 0 heterocycles. The number of hydrogen-bond acceptors (Lipinski definition) is 3. The lowest BCUT2D eigenvalue weighted by Crippen LogP contribution is -2.64. The fraction of sp³-hybridized carbons (Fsp3) is 0.882. The first-order valence-electron chi connectivity index (χ1n) is 8.01. The van der Waals surface area contributed by atoms with Crippen LogP contribution in [0.3, 0.4) is 0 Å². The summed E-state index contributed by atoms with van der Waals surface area (Å²) in [5, 5.41) is 13.6. The highest BCUT2D eigenvalue weighted by molar-refractivity contribution is 5.87. The third-order valence-electron chi connectivity index (χ3n) is 6.04. The van der Waals surface area contributed by atoms with Gasteiger partial charge in [-0.25, -0.2) is 0 Å². The van der Waals surface area contributed by atoms with Gasteiger partial charge in [0.2, 0.25) is 5.91 Å². The Morgan fingerprint density at radius 1 is 0.905 bits per heavy atom. The molecule has 4 bridgehead atoms. The molecule has 21 heavy (non-hydrogen) atoms. The molecule has 4 heteroatoms. The molecule has 4 saturated carbocycles. The second-order valence-corrected chi connectivity index (χ2v) is 9.29. The van der Waals surface area contributed by atoms with Gasteiger partial charge in [-0.3, -0.25) is 4.79 Å². The Kier molecular flexibility index (Phi) is 2.84. The maximum absolute atomic E-state index is 12.8. The summed E-state index contributed by atoms with van der Waals surface area (Å²) in [5.74, 6) is -1.28. The van der Waals surface area contributed by atoms with Crippen LogP contribution in [0.25, 0.3) is 0 Å². The van der Waals surface area contributed by atoms with Crippen molar-refractivity contribution < 1.29 is 14.7 Å². The number of rotatable bonds is 3. The summed E-state index contributed by atoms with van der Waals surface area (Å²) < 4.78 is 0. The van der Waals surface area contributed by atoms with Gasteiger partial charge in [-0.15, -0.1) is 0 Å². The summed E-state index contributed by atoms with van der Waals surface area (Å²) in [4.78, 5) is 23.8. The average molecular weight is 292 g/mol. The van der Waals surface area contributed by atoms with Gasteiger partial charge in [0.05, 0.1) is 17.4 Å². The van der Waals surface area contributed by atoms with E-state index in [9.17, 15) is 14.7 Å². The molecule has 1 N–H and O–H groups in total. The number of hydrogen-bond donors (Lipinski definition) is 1. The molecule has 4 aliphatic rings. The molecule has 1 atom stereocenters. The van der Waals surface area contributed by atoms with E-state index in [0.717, 1.165) is 19.3 Å². The van der Waals surface area contributed by atoms with Crippen molar-refractivity contribution in [3.8, 4) is 0 Å². The van der Waals surface area contributed by atoms with Crippen molar-refractivity contribution in [3.63, 3.8) is 0 Å². The molecule has 0 aromatic heterocycles. The highest BCUT2D eigenvalue weighted by atomic mass is 16.4. The summed E-state index contributed by atoms with van der Waals surface area (Å²) in [6.07, 6.45) is 6.28. The van der Waals surface area contributed by atoms with Crippen molar-refractivity contribution in [2.24, 2.45) is 21.7 Å². The van der Waals surface area contributed by atoms with Gasteiger partial charge in [-0.05, 0) is 61.7 Å². The molecule has 0 spiro atoms. The zero-order valence-corrected chi connectivity index (χ0v) is 13.5. The molecule has 4 fully saturated rings. The first kappa shape index (κ1) is 14.9. The number of amides is 1. The smallest absolute Gasteiger partial charge is 0.226 e. The SMILES string of the molecule is CC(NC(=O)C12CC3(C)CC(C)(CC(C)(C3)C1)C2)C(=O)[O-]. The van der Waals surface area contributed by atoms with E-state index in [1.165, 1.54) is 26.2 Å². The van der Waals surface area contributed by atoms with Gasteiger partial charge >= 0.3 is 0 Å². The van der Waals surface area contributed by atoms with Crippen molar-refractivity contribution in [1.29, 1.82) is 0 Å². The molecule has 4 nitrogen and oxygen atoms in total. The fourth-order valence-electron chi connectivity index (χ4n) is 6.94. The lowest BCUT2D eigenvalue weighted by molar-refractivity contribution is -0.308. The van der Waals surface area contributed by atoms with Crippen molar-refractivity contribution in [2.45, 2.75) is 72.3 Å². The van der Waals surface area contributed by atoms with E-state index in [0.29, 0.717) is 0 Å². The van der Waals surface area contributed by atoms with Crippen LogP contribution in [0.1, 0.15) is 66.2 Å². The number of carboxylic acids is 1.